The van der Waals surface area contributed by atoms with Gasteiger partial charge in [-0.25, -0.2) is 4.79 Å². The summed E-state index contributed by atoms with van der Waals surface area (Å²) in [6.07, 6.45) is 2.73. The molecule has 0 heterocycles. The summed E-state index contributed by atoms with van der Waals surface area (Å²) in [7, 11) is 0. The Morgan fingerprint density at radius 3 is 2.59 bits per heavy atom. The predicted molar refractivity (Wildman–Crippen MR) is 81.7 cm³/mol. The van der Waals surface area contributed by atoms with Crippen LogP contribution in [0.25, 0.3) is 0 Å². The first-order chi connectivity index (χ1) is 10.5. The van der Waals surface area contributed by atoms with Gasteiger partial charge in [0.2, 0.25) is 0 Å². The number of carbonyl (C=O) groups is 2. The summed E-state index contributed by atoms with van der Waals surface area (Å²) >= 11 is 0. The van der Waals surface area contributed by atoms with Crippen molar-refractivity contribution in [3.8, 4) is 0 Å². The third-order valence-corrected chi connectivity index (χ3v) is 3.01. The molecule has 0 saturated carbocycles. The van der Waals surface area contributed by atoms with Gasteiger partial charge < -0.3 is 21.1 Å². The lowest BCUT2D eigenvalue weighted by Gasteiger charge is -2.19. The van der Waals surface area contributed by atoms with Crippen molar-refractivity contribution in [2.45, 2.75) is 25.3 Å². The Labute approximate surface area is 129 Å². The fourth-order valence-corrected chi connectivity index (χ4v) is 1.80. The third-order valence-electron chi connectivity index (χ3n) is 3.01. The molecule has 0 aliphatic heterocycles. The van der Waals surface area contributed by atoms with E-state index in [-0.39, 0.29) is 6.54 Å². The zero-order chi connectivity index (χ0) is 16.4. The van der Waals surface area contributed by atoms with Crippen LogP contribution in [0.3, 0.4) is 0 Å². The molecule has 0 aliphatic carbocycles. The number of carbonyl (C=O) groups excluding carboxylic acids is 1. The monoisotopic (exact) mass is 307 g/mol. The molecule has 0 bridgehead atoms. The van der Waals surface area contributed by atoms with E-state index in [0.29, 0.717) is 31.4 Å². The minimum absolute atomic E-state index is 0.184. The zero-order valence-electron chi connectivity index (χ0n) is 12.3. The van der Waals surface area contributed by atoms with Crippen molar-refractivity contribution in [2.75, 3.05) is 13.1 Å². The van der Waals surface area contributed by atoms with Crippen molar-refractivity contribution in [1.82, 2.24) is 5.06 Å². The molecule has 0 unspecified atom stereocenters. The molecule has 0 aromatic heterocycles. The van der Waals surface area contributed by atoms with Crippen LogP contribution in [-0.2, 0) is 9.63 Å². The number of benzene rings is 1. The number of carboxylic acids is 1. The van der Waals surface area contributed by atoms with Crippen molar-refractivity contribution >= 4 is 18.2 Å². The van der Waals surface area contributed by atoms with E-state index in [0.717, 1.165) is 6.21 Å². The van der Waals surface area contributed by atoms with Crippen molar-refractivity contribution in [3.63, 3.8) is 0 Å². The van der Waals surface area contributed by atoms with E-state index >= 15 is 0 Å². The van der Waals surface area contributed by atoms with Gasteiger partial charge in [0.1, 0.15) is 6.04 Å². The topological polar surface area (TPSA) is 117 Å². The molecule has 0 aliphatic rings. The normalized spacial score (nSPS) is 11.9. The molecule has 0 amide bonds. The number of unbranched alkanes of at least 4 members (excludes halogenated alkanes) is 1. The molecule has 0 fully saturated rings. The average molecular weight is 307 g/mol. The zero-order valence-corrected chi connectivity index (χ0v) is 12.3. The molecule has 1 aromatic rings. The molecule has 4 N–H and O–H groups in total. The van der Waals surface area contributed by atoms with Crippen LogP contribution in [-0.4, -0.2) is 47.5 Å². The molecule has 1 rings (SSSR count). The van der Waals surface area contributed by atoms with Crippen molar-refractivity contribution in [3.05, 3.63) is 35.9 Å². The molecule has 0 spiro atoms. The highest BCUT2D eigenvalue weighted by atomic mass is 16.7. The Morgan fingerprint density at radius 2 is 2.00 bits per heavy atom. The Hall–Kier alpha value is -2.25. The van der Waals surface area contributed by atoms with E-state index < -0.39 is 18.0 Å². The SMILES string of the molecule is N=CCN(CCCC[C@H](N)C(=O)O)OC(=O)c1ccccc1. The number of hydroxylamine groups is 2. The van der Waals surface area contributed by atoms with E-state index in [1.165, 1.54) is 5.06 Å². The van der Waals surface area contributed by atoms with E-state index in [9.17, 15) is 9.59 Å². The highest BCUT2D eigenvalue weighted by Gasteiger charge is 2.14. The van der Waals surface area contributed by atoms with Gasteiger partial charge in [0.15, 0.2) is 0 Å². The second kappa shape index (κ2) is 9.64. The lowest BCUT2D eigenvalue weighted by Crippen LogP contribution is -2.32. The largest absolute Gasteiger partial charge is 0.480 e. The van der Waals surface area contributed by atoms with Gasteiger partial charge in [0.25, 0.3) is 0 Å². The molecule has 0 saturated heterocycles. The van der Waals surface area contributed by atoms with Gasteiger partial charge >= 0.3 is 11.9 Å². The fourth-order valence-electron chi connectivity index (χ4n) is 1.80. The second-order valence-corrected chi connectivity index (χ2v) is 4.78. The summed E-state index contributed by atoms with van der Waals surface area (Å²) in [5.41, 5.74) is 5.85. The van der Waals surface area contributed by atoms with Crippen LogP contribution in [0.15, 0.2) is 30.3 Å². The van der Waals surface area contributed by atoms with Crippen LogP contribution in [0.5, 0.6) is 0 Å². The minimum Gasteiger partial charge on any atom is -0.480 e. The number of hydrogen-bond donors (Lipinski definition) is 3. The van der Waals surface area contributed by atoms with Gasteiger partial charge in [-0.1, -0.05) is 18.2 Å². The number of aliphatic carboxylic acids is 1. The van der Waals surface area contributed by atoms with Gasteiger partial charge in [-0.2, -0.15) is 0 Å². The molecule has 7 heteroatoms. The van der Waals surface area contributed by atoms with E-state index in [2.05, 4.69) is 0 Å². The summed E-state index contributed by atoms with van der Waals surface area (Å²) in [4.78, 5) is 27.7. The van der Waals surface area contributed by atoms with Gasteiger partial charge in [0.05, 0.1) is 12.1 Å². The summed E-state index contributed by atoms with van der Waals surface area (Å²) in [6, 6.07) is 7.71. The maximum atomic E-state index is 11.9. The van der Waals surface area contributed by atoms with Gasteiger partial charge in [0, 0.05) is 12.8 Å². The first kappa shape index (κ1) is 17.8. The molecule has 0 radical (unpaired) electrons. The van der Waals surface area contributed by atoms with Crippen LogP contribution < -0.4 is 5.73 Å². The third kappa shape index (κ3) is 6.47. The van der Waals surface area contributed by atoms with Crippen molar-refractivity contribution in [2.24, 2.45) is 5.73 Å². The number of carboxylic acid groups (broad SMARTS) is 1. The average Bonchev–Trinajstić information content (AvgIpc) is 2.52. The summed E-state index contributed by atoms with van der Waals surface area (Å²) in [5.74, 6) is -1.50. The van der Waals surface area contributed by atoms with Crippen LogP contribution in [0.4, 0.5) is 0 Å². The number of hydrogen-bond acceptors (Lipinski definition) is 6. The molecule has 7 nitrogen and oxygen atoms in total. The molecular formula is C15H21N3O4. The predicted octanol–water partition coefficient (Wildman–Crippen LogP) is 1.29. The van der Waals surface area contributed by atoms with Gasteiger partial charge in [-0.05, 0) is 31.4 Å². The smallest absolute Gasteiger partial charge is 0.357 e. The van der Waals surface area contributed by atoms with Crippen molar-refractivity contribution in [1.29, 1.82) is 5.41 Å². The fraction of sp³-hybridized carbons (Fsp3) is 0.400. The highest BCUT2D eigenvalue weighted by Crippen LogP contribution is 2.06. The minimum atomic E-state index is -1.02. The first-order valence-corrected chi connectivity index (χ1v) is 7.04. The standard InChI is InChI=1S/C15H21N3O4/c16-9-11-18(10-5-4-8-13(17)14(19)20)22-15(21)12-6-2-1-3-7-12/h1-3,6-7,9,13,16H,4-5,8,10-11,17H2,(H,19,20)/t13-/m0/s1. The number of nitrogens with two attached hydrogens (primary N) is 1. The maximum absolute atomic E-state index is 11.9. The molecule has 1 aromatic carbocycles. The van der Waals surface area contributed by atoms with Crippen LogP contribution >= 0.6 is 0 Å². The van der Waals surface area contributed by atoms with Crippen LogP contribution in [0, 0.1) is 5.41 Å². The lowest BCUT2D eigenvalue weighted by atomic mass is 10.1. The molecular weight excluding hydrogens is 286 g/mol. The Balaban J connectivity index is 2.40. The van der Waals surface area contributed by atoms with Crippen LogP contribution in [0.1, 0.15) is 29.6 Å². The van der Waals surface area contributed by atoms with Crippen molar-refractivity contribution < 1.29 is 19.5 Å². The first-order valence-electron chi connectivity index (χ1n) is 7.04. The Kier molecular flexibility index (Phi) is 7.80. The quantitative estimate of drug-likeness (QED) is 0.341. The van der Waals surface area contributed by atoms with Gasteiger partial charge in [-0.3, -0.25) is 4.79 Å². The molecule has 1 atom stereocenters. The molecule has 22 heavy (non-hydrogen) atoms. The summed E-state index contributed by atoms with van der Waals surface area (Å²) in [5, 5.41) is 17.2. The number of nitrogens with one attached hydrogen (secondary N) is 1. The van der Waals surface area contributed by atoms with E-state index in [1.807, 2.05) is 0 Å². The Morgan fingerprint density at radius 1 is 1.32 bits per heavy atom. The summed E-state index contributed by atoms with van der Waals surface area (Å²) in [6.45, 7) is 0.601. The van der Waals surface area contributed by atoms with E-state index in [4.69, 9.17) is 21.1 Å². The number of nitrogens with zero attached hydrogens (tertiary/aromatic N) is 1. The molecule has 120 valence electrons. The second-order valence-electron chi connectivity index (χ2n) is 4.78. The maximum Gasteiger partial charge on any atom is 0.357 e. The lowest BCUT2D eigenvalue weighted by molar-refractivity contribution is -0.138. The van der Waals surface area contributed by atoms with Crippen LogP contribution in [0.2, 0.25) is 0 Å². The summed E-state index contributed by atoms with van der Waals surface area (Å²) < 4.78 is 0. The number of rotatable bonds is 10. The van der Waals surface area contributed by atoms with E-state index in [1.54, 1.807) is 30.3 Å². The Bertz CT molecular complexity index is 493. The van der Waals surface area contributed by atoms with Gasteiger partial charge in [-0.15, -0.1) is 5.06 Å². The highest BCUT2D eigenvalue weighted by molar-refractivity contribution is 5.89.